The molecule has 7 nitrogen and oxygen atoms in total. The first-order valence-electron chi connectivity index (χ1n) is 10.0. The van der Waals surface area contributed by atoms with Gasteiger partial charge in [-0.25, -0.2) is 9.07 Å². The number of rotatable bonds is 6. The monoisotopic (exact) mass is 441 g/mol. The highest BCUT2D eigenvalue weighted by atomic mass is 32.1. The van der Waals surface area contributed by atoms with Gasteiger partial charge in [0, 0.05) is 31.7 Å². The molecule has 0 N–H and O–H groups in total. The Bertz CT molecular complexity index is 1150. The Morgan fingerprint density at radius 3 is 2.55 bits per heavy atom. The number of nitrogens with zero attached hydrogens (tertiary/aromatic N) is 5. The molecule has 0 amide bonds. The van der Waals surface area contributed by atoms with E-state index in [1.165, 1.54) is 13.0 Å². The number of aromatic nitrogens is 3. The lowest BCUT2D eigenvalue weighted by atomic mass is 10.1. The Labute approximate surface area is 185 Å². The lowest BCUT2D eigenvalue weighted by Gasteiger charge is -2.36. The molecular weight excluding hydrogens is 417 g/mol. The predicted molar refractivity (Wildman–Crippen MR) is 119 cm³/mol. The molecule has 0 saturated carbocycles. The zero-order chi connectivity index (χ0) is 22.0. The number of Topliss-reactive ketones (excluding diaryl/α,β-unsaturated/α-hetero) is 1. The van der Waals surface area contributed by atoms with Crippen LogP contribution in [0.25, 0.3) is 5.69 Å². The molecule has 1 fully saturated rings. The molecule has 31 heavy (non-hydrogen) atoms. The summed E-state index contributed by atoms with van der Waals surface area (Å²) in [5, 5.41) is 4.45. The Morgan fingerprint density at radius 1 is 1.13 bits per heavy atom. The van der Waals surface area contributed by atoms with Crippen LogP contribution in [0.15, 0.2) is 48.8 Å². The van der Waals surface area contributed by atoms with Crippen LogP contribution in [0.5, 0.6) is 5.75 Å². The zero-order valence-corrected chi connectivity index (χ0v) is 18.3. The van der Waals surface area contributed by atoms with Crippen LogP contribution in [0.4, 0.5) is 10.1 Å². The van der Waals surface area contributed by atoms with Crippen LogP contribution in [0, 0.1) is 10.6 Å². The number of benzene rings is 2. The molecule has 0 spiro atoms. The molecule has 0 bridgehead atoms. The Kier molecular flexibility index (Phi) is 6.15. The number of piperazine rings is 1. The van der Waals surface area contributed by atoms with Crippen molar-refractivity contribution < 1.29 is 13.9 Å². The number of hydrogen-bond donors (Lipinski definition) is 0. The Morgan fingerprint density at radius 2 is 1.87 bits per heavy atom. The van der Waals surface area contributed by atoms with Crippen LogP contribution in [0.1, 0.15) is 17.3 Å². The summed E-state index contributed by atoms with van der Waals surface area (Å²) in [7, 11) is 1.63. The molecule has 2 aromatic carbocycles. The summed E-state index contributed by atoms with van der Waals surface area (Å²) in [6.45, 7) is 4.84. The molecule has 162 valence electrons. The van der Waals surface area contributed by atoms with Gasteiger partial charge in [-0.1, -0.05) is 12.1 Å². The standard InChI is InChI=1S/C22H24FN5O2S/c1-16(29)17-7-8-19(18(23)13-17)26-11-9-25(10-12-26)15-28-22(31)27(14-24-28)20-5-3-4-6-21(20)30-2/h3-8,13-14H,9-12,15H2,1-2H3. The first-order chi connectivity index (χ1) is 15.0. The van der Waals surface area contributed by atoms with Crippen LogP contribution >= 0.6 is 12.2 Å². The molecule has 0 aliphatic carbocycles. The van der Waals surface area contributed by atoms with Gasteiger partial charge in [-0.15, -0.1) is 0 Å². The second kappa shape index (κ2) is 8.99. The van der Waals surface area contributed by atoms with Crippen molar-refractivity contribution in [2.45, 2.75) is 13.6 Å². The van der Waals surface area contributed by atoms with Gasteiger partial charge < -0.3 is 9.64 Å². The van der Waals surface area contributed by atoms with E-state index in [0.29, 0.717) is 35.8 Å². The topological polar surface area (TPSA) is 55.5 Å². The Hall–Kier alpha value is -3.04. The number of anilines is 1. The molecule has 9 heteroatoms. The van der Waals surface area contributed by atoms with Crippen LogP contribution in [-0.2, 0) is 6.67 Å². The molecule has 0 radical (unpaired) electrons. The van der Waals surface area contributed by atoms with E-state index in [-0.39, 0.29) is 11.6 Å². The summed E-state index contributed by atoms with van der Waals surface area (Å²) in [6.07, 6.45) is 1.70. The largest absolute Gasteiger partial charge is 0.495 e. The highest BCUT2D eigenvalue weighted by Crippen LogP contribution is 2.24. The quantitative estimate of drug-likeness (QED) is 0.431. The van der Waals surface area contributed by atoms with Gasteiger partial charge >= 0.3 is 0 Å². The molecule has 4 rings (SSSR count). The number of hydrogen-bond acceptors (Lipinski definition) is 6. The number of halogens is 1. The third-order valence-corrected chi connectivity index (χ3v) is 5.89. The van der Waals surface area contributed by atoms with E-state index in [0.717, 1.165) is 24.5 Å². The minimum atomic E-state index is -0.362. The smallest absolute Gasteiger partial charge is 0.203 e. The van der Waals surface area contributed by atoms with Gasteiger partial charge in [0.15, 0.2) is 5.78 Å². The van der Waals surface area contributed by atoms with Crippen molar-refractivity contribution in [3.8, 4) is 11.4 Å². The van der Waals surface area contributed by atoms with Crippen LogP contribution in [-0.4, -0.2) is 58.3 Å². The van der Waals surface area contributed by atoms with Crippen molar-refractivity contribution in [1.82, 2.24) is 19.2 Å². The van der Waals surface area contributed by atoms with Gasteiger partial charge in [0.1, 0.15) is 17.9 Å². The fourth-order valence-electron chi connectivity index (χ4n) is 3.73. The fourth-order valence-corrected chi connectivity index (χ4v) is 3.98. The van der Waals surface area contributed by atoms with E-state index in [1.807, 2.05) is 33.7 Å². The van der Waals surface area contributed by atoms with Crippen molar-refractivity contribution in [3.63, 3.8) is 0 Å². The van der Waals surface area contributed by atoms with Crippen molar-refractivity contribution in [1.29, 1.82) is 0 Å². The van der Waals surface area contributed by atoms with E-state index in [9.17, 15) is 9.18 Å². The minimum Gasteiger partial charge on any atom is -0.495 e. The van der Waals surface area contributed by atoms with Gasteiger partial charge in [0.2, 0.25) is 4.77 Å². The molecule has 0 unspecified atom stereocenters. The maximum absolute atomic E-state index is 14.5. The highest BCUT2D eigenvalue weighted by Gasteiger charge is 2.21. The molecule has 1 aliphatic heterocycles. The van der Waals surface area contributed by atoms with Gasteiger partial charge in [-0.2, -0.15) is 5.10 Å². The summed E-state index contributed by atoms with van der Waals surface area (Å²) in [5.41, 5.74) is 1.76. The van der Waals surface area contributed by atoms with Gasteiger partial charge in [0.05, 0.1) is 25.2 Å². The molecule has 1 aliphatic rings. The second-order valence-electron chi connectivity index (χ2n) is 7.42. The van der Waals surface area contributed by atoms with Crippen molar-refractivity contribution in [2.24, 2.45) is 0 Å². The summed E-state index contributed by atoms with van der Waals surface area (Å²) in [4.78, 5) is 15.7. The summed E-state index contributed by atoms with van der Waals surface area (Å²) < 4.78 is 24.1. The van der Waals surface area contributed by atoms with Crippen LogP contribution in [0.3, 0.4) is 0 Å². The SMILES string of the molecule is COc1ccccc1-n1cnn(CN2CCN(c3ccc(C(C)=O)cc3F)CC2)c1=S. The first kappa shape index (κ1) is 21.2. The predicted octanol–water partition coefficient (Wildman–Crippen LogP) is 3.53. The normalized spacial score (nSPS) is 14.6. The molecule has 3 aromatic rings. The number of carbonyl (C=O) groups excluding carboxylic acids is 1. The summed E-state index contributed by atoms with van der Waals surface area (Å²) in [5.74, 6) is 0.225. The summed E-state index contributed by atoms with van der Waals surface area (Å²) >= 11 is 5.63. The average molecular weight is 442 g/mol. The lowest BCUT2D eigenvalue weighted by molar-refractivity contribution is 0.101. The number of ether oxygens (including phenoxy) is 1. The van der Waals surface area contributed by atoms with Gasteiger partial charge in [0.25, 0.3) is 0 Å². The molecular formula is C22H24FN5O2S. The molecule has 2 heterocycles. The van der Waals surface area contributed by atoms with Crippen LogP contribution in [0.2, 0.25) is 0 Å². The zero-order valence-electron chi connectivity index (χ0n) is 17.5. The third kappa shape index (κ3) is 4.38. The number of para-hydroxylation sites is 2. The van der Waals surface area contributed by atoms with E-state index >= 15 is 0 Å². The third-order valence-electron chi connectivity index (χ3n) is 5.48. The van der Waals surface area contributed by atoms with Crippen molar-refractivity contribution >= 4 is 23.7 Å². The Balaban J connectivity index is 1.43. The molecule has 1 aromatic heterocycles. The first-order valence-corrected chi connectivity index (χ1v) is 10.4. The fraction of sp³-hybridized carbons (Fsp3) is 0.318. The number of carbonyl (C=O) groups is 1. The lowest BCUT2D eigenvalue weighted by Crippen LogP contribution is -2.47. The van der Waals surface area contributed by atoms with E-state index in [1.54, 1.807) is 30.3 Å². The van der Waals surface area contributed by atoms with Gasteiger partial charge in [-0.05, 0) is 49.5 Å². The maximum Gasteiger partial charge on any atom is 0.203 e. The van der Waals surface area contributed by atoms with Gasteiger partial charge in [-0.3, -0.25) is 14.3 Å². The van der Waals surface area contributed by atoms with Crippen molar-refractivity contribution in [3.05, 3.63) is 64.9 Å². The van der Waals surface area contributed by atoms with E-state index in [4.69, 9.17) is 17.0 Å². The molecule has 0 atom stereocenters. The van der Waals surface area contributed by atoms with Crippen LogP contribution < -0.4 is 9.64 Å². The van der Waals surface area contributed by atoms with E-state index < -0.39 is 0 Å². The number of ketones is 1. The minimum absolute atomic E-state index is 0.139. The maximum atomic E-state index is 14.5. The highest BCUT2D eigenvalue weighted by molar-refractivity contribution is 7.71. The second-order valence-corrected chi connectivity index (χ2v) is 7.79. The summed E-state index contributed by atoms with van der Waals surface area (Å²) in [6, 6.07) is 12.3. The average Bonchev–Trinajstić information content (AvgIpc) is 3.14. The van der Waals surface area contributed by atoms with E-state index in [2.05, 4.69) is 10.00 Å². The van der Waals surface area contributed by atoms with Crippen molar-refractivity contribution in [2.75, 3.05) is 38.2 Å². The number of methoxy groups -OCH3 is 1. The molecule has 1 saturated heterocycles.